The molecular formula is C21H27N5O4. The van der Waals surface area contributed by atoms with Gasteiger partial charge in [0.1, 0.15) is 12.6 Å². The van der Waals surface area contributed by atoms with Gasteiger partial charge in [0.15, 0.2) is 11.5 Å². The number of pyridine rings is 1. The third-order valence-corrected chi connectivity index (χ3v) is 4.36. The molecule has 0 spiro atoms. The summed E-state index contributed by atoms with van der Waals surface area (Å²) in [4.78, 5) is 12.6. The molecule has 0 saturated heterocycles. The summed E-state index contributed by atoms with van der Waals surface area (Å²) < 4.78 is 13.2. The van der Waals surface area contributed by atoms with Crippen LogP contribution in [0.15, 0.2) is 48.5 Å². The Morgan fingerprint density at radius 1 is 1.20 bits per heavy atom. The highest BCUT2D eigenvalue weighted by molar-refractivity contribution is 5.85. The number of hydrogen-bond acceptors (Lipinski definition) is 7. The Balaban J connectivity index is 1.88. The monoisotopic (exact) mass is 413 g/mol. The SMILES string of the molecule is CC(C)(N)C(=O)N[C@H](COCc1ccccc1)c1nnc2cccc(OCCO)n12. The molecule has 9 heteroatoms. The van der Waals surface area contributed by atoms with Crippen LogP contribution < -0.4 is 15.8 Å². The summed E-state index contributed by atoms with van der Waals surface area (Å²) in [6.07, 6.45) is 0. The number of carbonyl (C=O) groups excluding carboxylic acids is 1. The molecule has 0 fully saturated rings. The number of nitrogens with two attached hydrogens (primary N) is 1. The van der Waals surface area contributed by atoms with E-state index in [1.54, 1.807) is 36.4 Å². The Kier molecular flexibility index (Phi) is 6.99. The van der Waals surface area contributed by atoms with Gasteiger partial charge in [0.2, 0.25) is 11.8 Å². The highest BCUT2D eigenvalue weighted by atomic mass is 16.5. The average Bonchev–Trinajstić information content (AvgIpc) is 3.16. The Bertz CT molecular complexity index is 968. The molecular weight excluding hydrogens is 386 g/mol. The van der Waals surface area contributed by atoms with Crippen molar-refractivity contribution in [3.63, 3.8) is 0 Å². The van der Waals surface area contributed by atoms with Crippen molar-refractivity contribution >= 4 is 11.6 Å². The molecule has 30 heavy (non-hydrogen) atoms. The van der Waals surface area contributed by atoms with Gasteiger partial charge in [-0.1, -0.05) is 36.4 Å². The third-order valence-electron chi connectivity index (χ3n) is 4.36. The van der Waals surface area contributed by atoms with Crippen LogP contribution in [0.5, 0.6) is 5.88 Å². The van der Waals surface area contributed by atoms with Crippen molar-refractivity contribution in [3.05, 3.63) is 59.9 Å². The summed E-state index contributed by atoms with van der Waals surface area (Å²) in [6, 6.07) is 14.4. The summed E-state index contributed by atoms with van der Waals surface area (Å²) in [5.41, 5.74) is 6.45. The number of nitrogens with zero attached hydrogens (tertiary/aromatic N) is 3. The van der Waals surface area contributed by atoms with Gasteiger partial charge in [0.25, 0.3) is 0 Å². The maximum Gasteiger partial charge on any atom is 0.240 e. The lowest BCUT2D eigenvalue weighted by molar-refractivity contribution is -0.126. The first kappa shape index (κ1) is 21.7. The zero-order valence-electron chi connectivity index (χ0n) is 17.1. The minimum atomic E-state index is -1.08. The van der Waals surface area contributed by atoms with Crippen LogP contribution in [0.1, 0.15) is 31.3 Å². The predicted molar refractivity (Wildman–Crippen MR) is 111 cm³/mol. The van der Waals surface area contributed by atoms with Crippen molar-refractivity contribution in [3.8, 4) is 5.88 Å². The van der Waals surface area contributed by atoms with E-state index in [0.717, 1.165) is 5.56 Å². The lowest BCUT2D eigenvalue weighted by Gasteiger charge is -2.24. The zero-order valence-corrected chi connectivity index (χ0v) is 17.1. The minimum Gasteiger partial charge on any atom is -0.476 e. The van der Waals surface area contributed by atoms with E-state index in [1.807, 2.05) is 30.3 Å². The number of amides is 1. The average molecular weight is 413 g/mol. The fourth-order valence-corrected chi connectivity index (χ4v) is 2.82. The van der Waals surface area contributed by atoms with Crippen molar-refractivity contribution in [2.45, 2.75) is 32.0 Å². The number of nitrogens with one attached hydrogen (secondary N) is 1. The summed E-state index contributed by atoms with van der Waals surface area (Å²) in [6.45, 7) is 3.78. The van der Waals surface area contributed by atoms with E-state index in [-0.39, 0.29) is 25.7 Å². The van der Waals surface area contributed by atoms with E-state index < -0.39 is 11.6 Å². The predicted octanol–water partition coefficient (Wildman–Crippen LogP) is 1.21. The number of aliphatic hydroxyl groups is 1. The highest BCUT2D eigenvalue weighted by Crippen LogP contribution is 2.21. The van der Waals surface area contributed by atoms with Crippen molar-refractivity contribution < 1.29 is 19.4 Å². The number of aliphatic hydroxyl groups excluding tert-OH is 1. The van der Waals surface area contributed by atoms with Crippen molar-refractivity contribution in [1.82, 2.24) is 19.9 Å². The molecule has 0 bridgehead atoms. The van der Waals surface area contributed by atoms with Crippen molar-refractivity contribution in [2.75, 3.05) is 19.8 Å². The summed E-state index contributed by atoms with van der Waals surface area (Å²) in [5, 5.41) is 20.4. The highest BCUT2D eigenvalue weighted by Gasteiger charge is 2.28. The standard InChI is InChI=1S/C21H27N5O4/c1-21(2,22)20(28)23-16(14-29-13-15-7-4-3-5-8-15)19-25-24-17-9-6-10-18(26(17)19)30-12-11-27/h3-10,16,27H,11-14,22H2,1-2H3,(H,23,28)/t16-/m1/s1. The van der Waals surface area contributed by atoms with Gasteiger partial charge in [0, 0.05) is 0 Å². The summed E-state index contributed by atoms with van der Waals surface area (Å²) in [7, 11) is 0. The van der Waals surface area contributed by atoms with E-state index in [4.69, 9.17) is 20.3 Å². The molecule has 1 atom stereocenters. The van der Waals surface area contributed by atoms with E-state index >= 15 is 0 Å². The molecule has 1 amide bonds. The second-order valence-corrected chi connectivity index (χ2v) is 7.44. The molecule has 160 valence electrons. The number of rotatable bonds is 10. The summed E-state index contributed by atoms with van der Waals surface area (Å²) in [5.74, 6) is 0.557. The van der Waals surface area contributed by atoms with Gasteiger partial charge in [-0.2, -0.15) is 0 Å². The number of carbonyl (C=O) groups is 1. The molecule has 3 aromatic rings. The topological polar surface area (TPSA) is 124 Å². The van der Waals surface area contributed by atoms with Crippen molar-refractivity contribution in [1.29, 1.82) is 0 Å². The van der Waals surface area contributed by atoms with Gasteiger partial charge < -0.3 is 25.6 Å². The van der Waals surface area contributed by atoms with Gasteiger partial charge in [-0.3, -0.25) is 4.79 Å². The molecule has 0 aliphatic rings. The molecule has 9 nitrogen and oxygen atoms in total. The molecule has 2 heterocycles. The molecule has 4 N–H and O–H groups in total. The van der Waals surface area contributed by atoms with Gasteiger partial charge in [0.05, 0.1) is 25.4 Å². The Labute approximate surface area is 174 Å². The largest absolute Gasteiger partial charge is 0.476 e. The molecule has 0 unspecified atom stereocenters. The molecule has 0 radical (unpaired) electrons. The molecule has 0 aliphatic heterocycles. The first-order valence-electron chi connectivity index (χ1n) is 9.69. The maximum atomic E-state index is 12.6. The first-order valence-corrected chi connectivity index (χ1v) is 9.69. The quantitative estimate of drug-likeness (QED) is 0.456. The smallest absolute Gasteiger partial charge is 0.240 e. The normalized spacial score (nSPS) is 12.7. The molecule has 3 rings (SSSR count). The van der Waals surface area contributed by atoms with Crippen LogP contribution in [0.2, 0.25) is 0 Å². The number of aromatic nitrogens is 3. The van der Waals surface area contributed by atoms with Crippen LogP contribution in [-0.4, -0.2) is 51.0 Å². The second kappa shape index (κ2) is 9.66. The molecule has 0 aliphatic carbocycles. The van der Waals surface area contributed by atoms with E-state index in [9.17, 15) is 4.79 Å². The van der Waals surface area contributed by atoms with Crippen LogP contribution in [0, 0.1) is 0 Å². The van der Waals surface area contributed by atoms with E-state index in [0.29, 0.717) is 24.0 Å². The lowest BCUT2D eigenvalue weighted by Crippen LogP contribution is -2.51. The molecule has 0 saturated carbocycles. The zero-order chi connectivity index (χ0) is 21.6. The van der Waals surface area contributed by atoms with Gasteiger partial charge in [-0.25, -0.2) is 4.40 Å². The molecule has 2 aromatic heterocycles. The number of ether oxygens (including phenoxy) is 2. The number of benzene rings is 1. The number of hydrogen-bond donors (Lipinski definition) is 3. The Hall–Kier alpha value is -3.01. The van der Waals surface area contributed by atoms with Gasteiger partial charge in [-0.15, -0.1) is 10.2 Å². The van der Waals surface area contributed by atoms with Gasteiger partial charge in [-0.05, 0) is 31.5 Å². The van der Waals surface area contributed by atoms with Crippen molar-refractivity contribution in [2.24, 2.45) is 5.73 Å². The fraction of sp³-hybridized carbons (Fsp3) is 0.381. The second-order valence-electron chi connectivity index (χ2n) is 7.44. The lowest BCUT2D eigenvalue weighted by atomic mass is 10.1. The summed E-state index contributed by atoms with van der Waals surface area (Å²) >= 11 is 0. The van der Waals surface area contributed by atoms with Crippen LogP contribution >= 0.6 is 0 Å². The van der Waals surface area contributed by atoms with E-state index in [2.05, 4.69) is 15.5 Å². The first-order chi connectivity index (χ1) is 14.4. The van der Waals surface area contributed by atoms with Crippen LogP contribution in [0.25, 0.3) is 5.65 Å². The van der Waals surface area contributed by atoms with Crippen LogP contribution in [-0.2, 0) is 16.1 Å². The minimum absolute atomic E-state index is 0.119. The fourth-order valence-electron chi connectivity index (χ4n) is 2.82. The maximum absolute atomic E-state index is 12.6. The van der Waals surface area contributed by atoms with Gasteiger partial charge >= 0.3 is 0 Å². The Morgan fingerprint density at radius 3 is 2.67 bits per heavy atom. The van der Waals surface area contributed by atoms with E-state index in [1.165, 1.54) is 0 Å². The molecule has 1 aromatic carbocycles. The number of fused-ring (bicyclic) bond motifs is 1. The third kappa shape index (κ3) is 5.32. The van der Waals surface area contributed by atoms with Crippen LogP contribution in [0.4, 0.5) is 0 Å². The Morgan fingerprint density at radius 2 is 1.97 bits per heavy atom. The van der Waals surface area contributed by atoms with Crippen LogP contribution in [0.3, 0.4) is 0 Å².